The molecule has 1 amide bonds. The molecule has 2 aliphatic heterocycles. The van der Waals surface area contributed by atoms with Gasteiger partial charge < -0.3 is 14.7 Å². The summed E-state index contributed by atoms with van der Waals surface area (Å²) in [6.07, 6.45) is 3.28. The van der Waals surface area contributed by atoms with E-state index in [4.69, 9.17) is 4.84 Å². The molecule has 0 aliphatic carbocycles. The summed E-state index contributed by atoms with van der Waals surface area (Å²) in [5.41, 5.74) is 2.56. The average Bonchev–Trinajstić information content (AvgIpc) is 3.30. The number of oxime groups is 1. The van der Waals surface area contributed by atoms with Crippen molar-refractivity contribution in [2.45, 2.75) is 59.1 Å². The number of carbonyl (C=O) groups excluding carboxylic acids is 1. The predicted octanol–water partition coefficient (Wildman–Crippen LogP) is 3.41. The molecule has 0 fully saturated rings. The topological polar surface area (TPSA) is 81.4 Å². The van der Waals surface area contributed by atoms with E-state index < -0.39 is 6.10 Å². The third-order valence-corrected chi connectivity index (χ3v) is 5.10. The Morgan fingerprint density at radius 1 is 1.19 bits per heavy atom. The maximum Gasteiger partial charge on any atom is 0.268 e. The number of aryl methyl sites for hydroxylation is 1. The zero-order chi connectivity index (χ0) is 19.0. The van der Waals surface area contributed by atoms with Gasteiger partial charge in [0.1, 0.15) is 5.82 Å². The highest BCUT2D eigenvalue weighted by Crippen LogP contribution is 2.27. The number of fused-ring (bicyclic) bond motifs is 1. The minimum absolute atomic E-state index is 0.0892. The van der Waals surface area contributed by atoms with Crippen molar-refractivity contribution >= 4 is 17.3 Å². The zero-order valence-electron chi connectivity index (χ0n) is 16.0. The molecule has 4 rings (SSSR count). The first-order valence-corrected chi connectivity index (χ1v) is 9.48. The molecule has 2 aliphatic rings. The lowest BCUT2D eigenvalue weighted by Gasteiger charge is -2.16. The molecule has 0 radical (unpaired) electrons. The number of rotatable bonds is 3. The molecule has 7 heteroatoms. The summed E-state index contributed by atoms with van der Waals surface area (Å²) in [4.78, 5) is 17.8. The minimum atomic E-state index is -0.567. The van der Waals surface area contributed by atoms with Crippen LogP contribution >= 0.6 is 0 Å². The Morgan fingerprint density at radius 2 is 1.96 bits per heavy atom. The molecular weight excluding hydrogens is 342 g/mol. The van der Waals surface area contributed by atoms with Gasteiger partial charge in [0.15, 0.2) is 5.82 Å². The SMILES string of the molecule is CC(C)(C)C1=NOC(C(=O)Nc2ccc(-c3nnc4n3CCCC4)cc2)C1. The maximum atomic E-state index is 12.5. The molecule has 0 spiro atoms. The number of aromatic nitrogens is 3. The summed E-state index contributed by atoms with van der Waals surface area (Å²) >= 11 is 0. The molecular formula is C20H25N5O2. The highest BCUT2D eigenvalue weighted by Gasteiger charge is 2.33. The number of benzene rings is 1. The van der Waals surface area contributed by atoms with Crippen molar-refractivity contribution in [2.75, 3.05) is 5.32 Å². The molecule has 142 valence electrons. The number of nitrogens with one attached hydrogen (secondary N) is 1. The van der Waals surface area contributed by atoms with Crippen LogP contribution in [-0.4, -0.2) is 32.5 Å². The second kappa shape index (κ2) is 6.79. The number of carbonyl (C=O) groups is 1. The highest BCUT2D eigenvalue weighted by molar-refractivity contribution is 6.00. The van der Waals surface area contributed by atoms with E-state index in [0.717, 1.165) is 48.0 Å². The van der Waals surface area contributed by atoms with Gasteiger partial charge in [0.05, 0.1) is 5.71 Å². The standard InChI is InChI=1S/C20H25N5O2/c1-20(2,3)16-12-15(27-24-16)19(26)21-14-9-7-13(8-10-14)18-23-22-17-6-4-5-11-25(17)18/h7-10,15H,4-6,11-12H2,1-3H3,(H,21,26). The number of amides is 1. The van der Waals surface area contributed by atoms with Crippen LogP contribution in [0.25, 0.3) is 11.4 Å². The fraction of sp³-hybridized carbons (Fsp3) is 0.500. The lowest BCUT2D eigenvalue weighted by molar-refractivity contribution is -0.125. The Bertz CT molecular complexity index is 877. The van der Waals surface area contributed by atoms with Gasteiger partial charge in [-0.3, -0.25) is 4.79 Å². The van der Waals surface area contributed by atoms with Gasteiger partial charge in [-0.25, -0.2) is 0 Å². The van der Waals surface area contributed by atoms with Crippen LogP contribution in [0.1, 0.15) is 45.9 Å². The summed E-state index contributed by atoms with van der Waals surface area (Å²) in [6.45, 7) is 7.16. The largest absolute Gasteiger partial charge is 0.382 e. The fourth-order valence-corrected chi connectivity index (χ4v) is 3.41. The number of nitrogens with zero attached hydrogens (tertiary/aromatic N) is 4. The van der Waals surface area contributed by atoms with E-state index in [1.807, 2.05) is 24.3 Å². The molecule has 1 unspecified atom stereocenters. The lowest BCUT2D eigenvalue weighted by atomic mass is 9.87. The first kappa shape index (κ1) is 17.7. The fourth-order valence-electron chi connectivity index (χ4n) is 3.41. The smallest absolute Gasteiger partial charge is 0.268 e. The van der Waals surface area contributed by atoms with Crippen LogP contribution in [0.5, 0.6) is 0 Å². The van der Waals surface area contributed by atoms with Crippen molar-refractivity contribution in [3.05, 3.63) is 30.1 Å². The minimum Gasteiger partial charge on any atom is -0.382 e. The molecule has 0 saturated heterocycles. The Hall–Kier alpha value is -2.70. The maximum absolute atomic E-state index is 12.5. The van der Waals surface area contributed by atoms with E-state index in [-0.39, 0.29) is 11.3 Å². The van der Waals surface area contributed by atoms with E-state index in [9.17, 15) is 4.79 Å². The molecule has 27 heavy (non-hydrogen) atoms. The summed E-state index contributed by atoms with van der Waals surface area (Å²) in [5.74, 6) is 1.78. The zero-order valence-corrected chi connectivity index (χ0v) is 16.0. The number of anilines is 1. The van der Waals surface area contributed by atoms with Gasteiger partial charge in [0, 0.05) is 36.1 Å². The van der Waals surface area contributed by atoms with Crippen LogP contribution in [0.3, 0.4) is 0 Å². The van der Waals surface area contributed by atoms with Gasteiger partial charge in [-0.2, -0.15) is 0 Å². The average molecular weight is 367 g/mol. The Balaban J connectivity index is 1.42. The molecule has 1 aromatic carbocycles. The van der Waals surface area contributed by atoms with E-state index in [1.54, 1.807) is 0 Å². The van der Waals surface area contributed by atoms with Gasteiger partial charge in [-0.05, 0) is 37.1 Å². The second-order valence-electron chi connectivity index (χ2n) is 8.20. The van der Waals surface area contributed by atoms with E-state index in [2.05, 4.69) is 46.0 Å². The monoisotopic (exact) mass is 367 g/mol. The molecule has 1 aromatic heterocycles. The van der Waals surface area contributed by atoms with E-state index >= 15 is 0 Å². The number of hydrogen-bond acceptors (Lipinski definition) is 5. The summed E-state index contributed by atoms with van der Waals surface area (Å²) in [7, 11) is 0. The van der Waals surface area contributed by atoms with Crippen LogP contribution in [0, 0.1) is 5.41 Å². The third kappa shape index (κ3) is 3.59. The molecule has 0 bridgehead atoms. The van der Waals surface area contributed by atoms with Crippen molar-refractivity contribution in [3.8, 4) is 11.4 Å². The van der Waals surface area contributed by atoms with Crippen molar-refractivity contribution in [1.29, 1.82) is 0 Å². The second-order valence-corrected chi connectivity index (χ2v) is 8.20. The summed E-state index contributed by atoms with van der Waals surface area (Å²) < 4.78 is 2.19. The Labute approximate surface area is 158 Å². The van der Waals surface area contributed by atoms with Crippen LogP contribution in [-0.2, 0) is 22.6 Å². The molecule has 0 saturated carbocycles. The quantitative estimate of drug-likeness (QED) is 0.901. The molecule has 2 aromatic rings. The van der Waals surface area contributed by atoms with Gasteiger partial charge in [0.2, 0.25) is 6.10 Å². The Morgan fingerprint density at radius 3 is 2.67 bits per heavy atom. The molecule has 7 nitrogen and oxygen atoms in total. The highest BCUT2D eigenvalue weighted by atomic mass is 16.6. The van der Waals surface area contributed by atoms with Crippen molar-refractivity contribution in [2.24, 2.45) is 10.6 Å². The first-order chi connectivity index (χ1) is 12.9. The Kier molecular flexibility index (Phi) is 4.45. The summed E-state index contributed by atoms with van der Waals surface area (Å²) in [6, 6.07) is 7.71. The van der Waals surface area contributed by atoms with Crippen LogP contribution < -0.4 is 5.32 Å². The van der Waals surface area contributed by atoms with E-state index in [1.165, 1.54) is 6.42 Å². The van der Waals surface area contributed by atoms with Gasteiger partial charge in [0.25, 0.3) is 5.91 Å². The predicted molar refractivity (Wildman–Crippen MR) is 103 cm³/mol. The van der Waals surface area contributed by atoms with Gasteiger partial charge in [-0.1, -0.05) is 25.9 Å². The summed E-state index contributed by atoms with van der Waals surface area (Å²) in [5, 5.41) is 15.6. The number of hydrogen-bond donors (Lipinski definition) is 1. The van der Waals surface area contributed by atoms with Gasteiger partial charge in [-0.15, -0.1) is 10.2 Å². The van der Waals surface area contributed by atoms with Crippen molar-refractivity contribution in [3.63, 3.8) is 0 Å². The van der Waals surface area contributed by atoms with Crippen LogP contribution in [0.4, 0.5) is 5.69 Å². The van der Waals surface area contributed by atoms with Crippen molar-refractivity contribution in [1.82, 2.24) is 14.8 Å². The normalized spacial score (nSPS) is 19.2. The van der Waals surface area contributed by atoms with Crippen LogP contribution in [0.2, 0.25) is 0 Å². The molecule has 3 heterocycles. The van der Waals surface area contributed by atoms with E-state index in [0.29, 0.717) is 6.42 Å². The third-order valence-electron chi connectivity index (χ3n) is 5.10. The molecule has 1 N–H and O–H groups in total. The molecule has 1 atom stereocenters. The van der Waals surface area contributed by atoms with Crippen LogP contribution in [0.15, 0.2) is 29.4 Å². The first-order valence-electron chi connectivity index (χ1n) is 9.48. The van der Waals surface area contributed by atoms with Crippen molar-refractivity contribution < 1.29 is 9.63 Å². The van der Waals surface area contributed by atoms with Gasteiger partial charge >= 0.3 is 0 Å². The lowest BCUT2D eigenvalue weighted by Crippen LogP contribution is -2.30.